The van der Waals surface area contributed by atoms with Crippen molar-refractivity contribution in [2.45, 2.75) is 26.3 Å². The molecule has 0 fully saturated rings. The first kappa shape index (κ1) is 21.3. The third-order valence-electron chi connectivity index (χ3n) is 4.37. The minimum Gasteiger partial charge on any atom is -0.341 e. The molecule has 0 aliphatic rings. The molecule has 6 heteroatoms. The molecule has 3 N–H and O–H groups in total. The van der Waals surface area contributed by atoms with E-state index in [1.807, 2.05) is 61.5 Å². The van der Waals surface area contributed by atoms with E-state index >= 15 is 0 Å². The zero-order valence-corrected chi connectivity index (χ0v) is 16.6. The molecule has 0 aliphatic heterocycles. The first-order valence-electron chi connectivity index (χ1n) is 9.35. The maximum Gasteiger partial charge on any atom is 0.279 e. The van der Waals surface area contributed by atoms with Gasteiger partial charge in [-0.3, -0.25) is 14.4 Å². The van der Waals surface area contributed by atoms with E-state index in [4.69, 9.17) is 0 Å². The molecular formula is C22H28N3O3+. The Morgan fingerprint density at radius 3 is 2.14 bits per heavy atom. The summed E-state index contributed by atoms with van der Waals surface area (Å²) in [5.74, 6) is -0.509. The first-order chi connectivity index (χ1) is 13.3. The largest absolute Gasteiger partial charge is 0.341 e. The molecular weight excluding hydrogens is 354 g/mol. The van der Waals surface area contributed by atoms with E-state index in [1.165, 1.54) is 6.92 Å². The van der Waals surface area contributed by atoms with Gasteiger partial charge in [-0.25, -0.2) is 0 Å². The molecule has 0 aliphatic carbocycles. The van der Waals surface area contributed by atoms with Crippen molar-refractivity contribution in [3.8, 4) is 0 Å². The second kappa shape index (κ2) is 10.4. The van der Waals surface area contributed by atoms with Crippen LogP contribution in [0.15, 0.2) is 54.6 Å². The van der Waals surface area contributed by atoms with Crippen LogP contribution in [0.25, 0.3) is 0 Å². The molecule has 0 saturated carbocycles. The Labute approximate surface area is 165 Å². The van der Waals surface area contributed by atoms with Gasteiger partial charge in [0.15, 0.2) is 18.9 Å². The molecule has 148 valence electrons. The SMILES string of the molecule is CC(=O)[C@@H](Cc1ccccc1)NC(=O)C[NH+](C)CC(=O)Nc1ccc(C)cc1. The number of hydrogen-bond acceptors (Lipinski definition) is 3. The molecule has 6 nitrogen and oxygen atoms in total. The molecule has 0 heterocycles. The van der Waals surface area contributed by atoms with Crippen LogP contribution in [0, 0.1) is 6.92 Å². The van der Waals surface area contributed by atoms with Crippen molar-refractivity contribution in [3.63, 3.8) is 0 Å². The highest BCUT2D eigenvalue weighted by atomic mass is 16.2. The van der Waals surface area contributed by atoms with Crippen LogP contribution in [-0.4, -0.2) is 43.8 Å². The topological polar surface area (TPSA) is 79.7 Å². The summed E-state index contributed by atoms with van der Waals surface area (Å²) in [4.78, 5) is 37.1. The fourth-order valence-corrected chi connectivity index (χ4v) is 2.84. The molecule has 2 rings (SSSR count). The second-order valence-electron chi connectivity index (χ2n) is 7.15. The number of rotatable bonds is 9. The van der Waals surface area contributed by atoms with Gasteiger partial charge in [-0.2, -0.15) is 0 Å². The van der Waals surface area contributed by atoms with E-state index < -0.39 is 6.04 Å². The molecule has 2 aromatic carbocycles. The highest BCUT2D eigenvalue weighted by Gasteiger charge is 2.20. The zero-order chi connectivity index (χ0) is 20.5. The molecule has 2 atom stereocenters. The molecule has 0 spiro atoms. The molecule has 1 unspecified atom stereocenters. The number of amides is 2. The van der Waals surface area contributed by atoms with Gasteiger partial charge in [-0.05, 0) is 38.0 Å². The number of quaternary nitrogens is 1. The maximum atomic E-state index is 12.3. The lowest BCUT2D eigenvalue weighted by molar-refractivity contribution is -0.862. The van der Waals surface area contributed by atoms with Crippen LogP contribution < -0.4 is 15.5 Å². The number of hydrogen-bond donors (Lipinski definition) is 3. The monoisotopic (exact) mass is 382 g/mol. The van der Waals surface area contributed by atoms with Crippen molar-refractivity contribution in [1.29, 1.82) is 0 Å². The maximum absolute atomic E-state index is 12.3. The second-order valence-corrected chi connectivity index (χ2v) is 7.15. The van der Waals surface area contributed by atoms with Crippen molar-refractivity contribution in [3.05, 3.63) is 65.7 Å². The molecule has 0 saturated heterocycles. The lowest BCUT2D eigenvalue weighted by Gasteiger charge is -2.18. The summed E-state index contributed by atoms with van der Waals surface area (Å²) < 4.78 is 0. The Balaban J connectivity index is 1.82. The van der Waals surface area contributed by atoms with Gasteiger partial charge < -0.3 is 15.5 Å². The molecule has 0 bridgehead atoms. The molecule has 2 aromatic rings. The van der Waals surface area contributed by atoms with Crippen molar-refractivity contribution < 1.29 is 19.3 Å². The number of carbonyl (C=O) groups is 3. The summed E-state index contributed by atoms with van der Waals surface area (Å²) in [6.07, 6.45) is 0.453. The predicted molar refractivity (Wildman–Crippen MR) is 109 cm³/mol. The van der Waals surface area contributed by atoms with E-state index in [0.717, 1.165) is 21.7 Å². The van der Waals surface area contributed by atoms with Gasteiger partial charge in [0, 0.05) is 5.69 Å². The summed E-state index contributed by atoms with van der Waals surface area (Å²) >= 11 is 0. The Morgan fingerprint density at radius 1 is 0.929 bits per heavy atom. The van der Waals surface area contributed by atoms with Crippen LogP contribution in [-0.2, 0) is 20.8 Å². The highest BCUT2D eigenvalue weighted by Crippen LogP contribution is 2.07. The van der Waals surface area contributed by atoms with Crippen LogP contribution in [0.5, 0.6) is 0 Å². The average molecular weight is 382 g/mol. The highest BCUT2D eigenvalue weighted by molar-refractivity contribution is 5.91. The van der Waals surface area contributed by atoms with Crippen LogP contribution >= 0.6 is 0 Å². The number of benzene rings is 2. The van der Waals surface area contributed by atoms with Crippen LogP contribution in [0.3, 0.4) is 0 Å². The van der Waals surface area contributed by atoms with Crippen LogP contribution in [0.4, 0.5) is 5.69 Å². The van der Waals surface area contributed by atoms with Crippen LogP contribution in [0.1, 0.15) is 18.1 Å². The summed E-state index contributed by atoms with van der Waals surface area (Å²) in [7, 11) is 1.77. The fraction of sp³-hybridized carbons (Fsp3) is 0.318. The molecule has 0 radical (unpaired) electrons. The van der Waals surface area contributed by atoms with Gasteiger partial charge in [-0.1, -0.05) is 48.0 Å². The summed E-state index contributed by atoms with van der Waals surface area (Å²) in [6, 6.07) is 16.5. The van der Waals surface area contributed by atoms with Crippen LogP contribution in [0.2, 0.25) is 0 Å². The van der Waals surface area contributed by atoms with Gasteiger partial charge >= 0.3 is 0 Å². The molecule has 28 heavy (non-hydrogen) atoms. The third-order valence-corrected chi connectivity index (χ3v) is 4.37. The van der Waals surface area contributed by atoms with E-state index in [2.05, 4.69) is 10.6 Å². The number of anilines is 1. The Hall–Kier alpha value is -2.99. The number of nitrogens with one attached hydrogen (secondary N) is 3. The van der Waals surface area contributed by atoms with Crippen molar-refractivity contribution >= 4 is 23.3 Å². The summed E-state index contributed by atoms with van der Waals surface area (Å²) in [5, 5.41) is 5.60. The van der Waals surface area contributed by atoms with E-state index in [-0.39, 0.29) is 30.7 Å². The Morgan fingerprint density at radius 2 is 1.54 bits per heavy atom. The number of ketones is 1. The number of Topliss-reactive ketones (excluding diaryl/α,β-unsaturated/α-hetero) is 1. The minimum absolute atomic E-state index is 0.0908. The Kier molecular flexibility index (Phi) is 7.89. The van der Waals surface area contributed by atoms with Gasteiger partial charge in [-0.15, -0.1) is 0 Å². The number of carbonyl (C=O) groups excluding carboxylic acids is 3. The summed E-state index contributed by atoms with van der Waals surface area (Å²) in [6.45, 7) is 3.72. The van der Waals surface area contributed by atoms with Gasteiger partial charge in [0.2, 0.25) is 0 Å². The van der Waals surface area contributed by atoms with E-state index in [0.29, 0.717) is 6.42 Å². The number of aryl methyl sites for hydroxylation is 1. The Bertz CT molecular complexity index is 804. The minimum atomic E-state index is -0.566. The first-order valence-corrected chi connectivity index (χ1v) is 9.35. The van der Waals surface area contributed by atoms with Crippen molar-refractivity contribution in [1.82, 2.24) is 5.32 Å². The fourth-order valence-electron chi connectivity index (χ4n) is 2.84. The van der Waals surface area contributed by atoms with Crippen molar-refractivity contribution in [2.75, 3.05) is 25.5 Å². The standard InChI is InChI=1S/C22H27N3O3/c1-16-9-11-19(12-10-16)23-21(27)14-25(3)15-22(28)24-20(17(2)26)13-18-7-5-4-6-8-18/h4-12,20H,13-15H2,1-3H3,(H,23,27)(H,24,28)/p+1/t20-/m1/s1. The average Bonchev–Trinajstić information content (AvgIpc) is 2.63. The van der Waals surface area contributed by atoms with E-state index in [1.54, 1.807) is 7.05 Å². The van der Waals surface area contributed by atoms with E-state index in [9.17, 15) is 14.4 Å². The predicted octanol–water partition coefficient (Wildman–Crippen LogP) is 0.765. The van der Waals surface area contributed by atoms with Gasteiger partial charge in [0.1, 0.15) is 0 Å². The normalized spacial score (nSPS) is 12.7. The smallest absolute Gasteiger partial charge is 0.279 e. The third kappa shape index (κ3) is 7.32. The van der Waals surface area contributed by atoms with Gasteiger partial charge in [0.25, 0.3) is 11.8 Å². The zero-order valence-electron chi connectivity index (χ0n) is 16.6. The summed E-state index contributed by atoms with van der Waals surface area (Å²) in [5.41, 5.74) is 2.83. The molecule has 2 amide bonds. The lowest BCUT2D eigenvalue weighted by Crippen LogP contribution is -3.11. The number of likely N-dealkylation sites (N-methyl/N-ethyl adjacent to an activating group) is 1. The van der Waals surface area contributed by atoms with Gasteiger partial charge in [0.05, 0.1) is 13.1 Å². The van der Waals surface area contributed by atoms with Crippen molar-refractivity contribution in [2.24, 2.45) is 0 Å². The molecule has 0 aromatic heterocycles. The quantitative estimate of drug-likeness (QED) is 0.599. The lowest BCUT2D eigenvalue weighted by atomic mass is 10.0.